The summed E-state index contributed by atoms with van der Waals surface area (Å²) < 4.78 is 10.5. The van der Waals surface area contributed by atoms with Crippen molar-refractivity contribution in [3.63, 3.8) is 0 Å². The number of ether oxygens (including phenoxy) is 2. The maximum Gasteiger partial charge on any atom is 0.125 e. The second-order valence-corrected chi connectivity index (χ2v) is 3.59. The minimum absolute atomic E-state index is 0.567. The van der Waals surface area contributed by atoms with E-state index in [1.165, 1.54) is 5.39 Å². The zero-order valence-electron chi connectivity index (χ0n) is 9.26. The van der Waals surface area contributed by atoms with E-state index >= 15 is 0 Å². The second-order valence-electron chi connectivity index (χ2n) is 3.59. The molecule has 0 saturated carbocycles. The second kappa shape index (κ2) is 3.95. The van der Waals surface area contributed by atoms with Crippen LogP contribution in [0.3, 0.4) is 0 Å². The van der Waals surface area contributed by atoms with Gasteiger partial charge in [0, 0.05) is 29.3 Å². The van der Waals surface area contributed by atoms with E-state index in [0.29, 0.717) is 6.61 Å². The molecule has 0 fully saturated rings. The number of hydrogen-bond donors (Lipinski definition) is 1. The van der Waals surface area contributed by atoms with E-state index in [2.05, 4.69) is 11.1 Å². The molecule has 15 heavy (non-hydrogen) atoms. The van der Waals surface area contributed by atoms with Gasteiger partial charge in [0.05, 0.1) is 13.7 Å². The van der Waals surface area contributed by atoms with Crippen LogP contribution in [0.1, 0.15) is 11.3 Å². The van der Waals surface area contributed by atoms with E-state index in [0.717, 1.165) is 22.5 Å². The Kier molecular flexibility index (Phi) is 2.64. The maximum absolute atomic E-state index is 5.32. The predicted molar refractivity (Wildman–Crippen MR) is 60.3 cm³/mol. The predicted octanol–water partition coefficient (Wildman–Crippen LogP) is 2.63. The minimum Gasteiger partial charge on any atom is -0.496 e. The molecule has 0 radical (unpaired) electrons. The van der Waals surface area contributed by atoms with Crippen LogP contribution in [0.4, 0.5) is 0 Å². The molecule has 3 nitrogen and oxygen atoms in total. The Bertz CT molecular complexity index is 474. The Morgan fingerprint density at radius 1 is 1.27 bits per heavy atom. The topological polar surface area (TPSA) is 34.2 Å². The van der Waals surface area contributed by atoms with Crippen molar-refractivity contribution >= 4 is 10.9 Å². The van der Waals surface area contributed by atoms with Crippen molar-refractivity contribution in [2.75, 3.05) is 14.2 Å². The summed E-state index contributed by atoms with van der Waals surface area (Å²) in [4.78, 5) is 3.30. The lowest BCUT2D eigenvalue weighted by Crippen LogP contribution is -1.94. The quantitative estimate of drug-likeness (QED) is 0.835. The fraction of sp³-hybridized carbons (Fsp3) is 0.333. The highest BCUT2D eigenvalue weighted by atomic mass is 16.5. The fourth-order valence-electron chi connectivity index (χ4n) is 1.87. The van der Waals surface area contributed by atoms with Crippen LogP contribution in [0, 0.1) is 6.92 Å². The van der Waals surface area contributed by atoms with E-state index in [1.807, 2.05) is 19.1 Å². The molecule has 0 saturated heterocycles. The number of methoxy groups -OCH3 is 2. The lowest BCUT2D eigenvalue weighted by molar-refractivity contribution is 0.183. The molecule has 0 aliphatic carbocycles. The van der Waals surface area contributed by atoms with Gasteiger partial charge in [-0.2, -0.15) is 0 Å². The molecule has 0 spiro atoms. The van der Waals surface area contributed by atoms with Gasteiger partial charge in [-0.1, -0.05) is 0 Å². The highest BCUT2D eigenvalue weighted by molar-refractivity contribution is 5.86. The van der Waals surface area contributed by atoms with Gasteiger partial charge in [-0.15, -0.1) is 0 Å². The van der Waals surface area contributed by atoms with Crippen LogP contribution < -0.4 is 4.74 Å². The molecule has 0 amide bonds. The number of aromatic nitrogens is 1. The van der Waals surface area contributed by atoms with Crippen molar-refractivity contribution in [1.82, 2.24) is 4.98 Å². The maximum atomic E-state index is 5.32. The molecule has 3 heteroatoms. The van der Waals surface area contributed by atoms with Crippen molar-refractivity contribution in [3.8, 4) is 5.75 Å². The van der Waals surface area contributed by atoms with E-state index < -0.39 is 0 Å². The van der Waals surface area contributed by atoms with E-state index in [4.69, 9.17) is 9.47 Å². The summed E-state index contributed by atoms with van der Waals surface area (Å²) >= 11 is 0. The molecule has 0 bridgehead atoms. The van der Waals surface area contributed by atoms with E-state index in [9.17, 15) is 0 Å². The highest BCUT2D eigenvalue weighted by Gasteiger charge is 2.09. The van der Waals surface area contributed by atoms with Crippen LogP contribution in [0.2, 0.25) is 0 Å². The van der Waals surface area contributed by atoms with Gasteiger partial charge < -0.3 is 14.5 Å². The monoisotopic (exact) mass is 205 g/mol. The van der Waals surface area contributed by atoms with Crippen molar-refractivity contribution in [2.45, 2.75) is 13.5 Å². The number of aromatic amines is 1. The summed E-state index contributed by atoms with van der Waals surface area (Å²) in [5.74, 6) is 0.878. The standard InChI is InChI=1S/C12H15NO2/c1-8-6-9-10(7-14-2)12(15-3)5-4-11(9)13-8/h4-6,13H,7H2,1-3H3. The molecule has 2 aromatic rings. The molecule has 80 valence electrons. The number of benzene rings is 1. The van der Waals surface area contributed by atoms with Crippen LogP contribution in [-0.4, -0.2) is 19.2 Å². The summed E-state index contributed by atoms with van der Waals surface area (Å²) in [5, 5.41) is 1.17. The normalized spacial score (nSPS) is 10.9. The lowest BCUT2D eigenvalue weighted by Gasteiger charge is -2.08. The van der Waals surface area contributed by atoms with Gasteiger partial charge in [0.1, 0.15) is 5.75 Å². The number of fused-ring (bicyclic) bond motifs is 1. The zero-order valence-corrected chi connectivity index (χ0v) is 9.26. The Morgan fingerprint density at radius 2 is 2.07 bits per heavy atom. The lowest BCUT2D eigenvalue weighted by atomic mass is 10.1. The number of rotatable bonds is 3. The van der Waals surface area contributed by atoms with Gasteiger partial charge in [-0.25, -0.2) is 0 Å². The molecule has 0 atom stereocenters. The average Bonchev–Trinajstić information content (AvgIpc) is 2.60. The third-order valence-electron chi connectivity index (χ3n) is 2.52. The number of aryl methyl sites for hydroxylation is 1. The average molecular weight is 205 g/mol. The molecule has 0 aliphatic heterocycles. The van der Waals surface area contributed by atoms with Crippen LogP contribution in [0.5, 0.6) is 5.75 Å². The molecule has 1 aromatic heterocycles. The van der Waals surface area contributed by atoms with Crippen molar-refractivity contribution in [1.29, 1.82) is 0 Å². The van der Waals surface area contributed by atoms with Crippen LogP contribution in [0.25, 0.3) is 10.9 Å². The first kappa shape index (κ1) is 10.1. The smallest absolute Gasteiger partial charge is 0.125 e. The van der Waals surface area contributed by atoms with Crippen molar-refractivity contribution in [3.05, 3.63) is 29.5 Å². The molecular formula is C12H15NO2. The molecule has 1 N–H and O–H groups in total. The van der Waals surface area contributed by atoms with Gasteiger partial charge in [0.2, 0.25) is 0 Å². The third kappa shape index (κ3) is 1.70. The summed E-state index contributed by atoms with van der Waals surface area (Å²) in [6, 6.07) is 6.11. The summed E-state index contributed by atoms with van der Waals surface area (Å²) in [6.07, 6.45) is 0. The van der Waals surface area contributed by atoms with Gasteiger partial charge in [0.25, 0.3) is 0 Å². The van der Waals surface area contributed by atoms with Crippen LogP contribution in [-0.2, 0) is 11.3 Å². The molecule has 0 unspecified atom stereocenters. The zero-order chi connectivity index (χ0) is 10.8. The number of nitrogens with one attached hydrogen (secondary N) is 1. The Labute approximate surface area is 89.0 Å². The molecule has 1 heterocycles. The van der Waals surface area contributed by atoms with Gasteiger partial charge >= 0.3 is 0 Å². The Hall–Kier alpha value is -1.48. The first-order valence-electron chi connectivity index (χ1n) is 4.90. The van der Waals surface area contributed by atoms with Crippen LogP contribution in [0.15, 0.2) is 18.2 Å². The summed E-state index contributed by atoms with van der Waals surface area (Å²) in [5.41, 5.74) is 3.37. The SMILES string of the molecule is COCc1c(OC)ccc2[nH]c(C)cc12. The van der Waals surface area contributed by atoms with Crippen LogP contribution >= 0.6 is 0 Å². The summed E-state index contributed by atoms with van der Waals surface area (Å²) in [7, 11) is 3.37. The van der Waals surface area contributed by atoms with E-state index in [-0.39, 0.29) is 0 Å². The van der Waals surface area contributed by atoms with E-state index in [1.54, 1.807) is 14.2 Å². The molecule has 0 aliphatic rings. The first-order valence-corrected chi connectivity index (χ1v) is 4.90. The Morgan fingerprint density at radius 3 is 2.73 bits per heavy atom. The van der Waals surface area contributed by atoms with Gasteiger partial charge in [0.15, 0.2) is 0 Å². The molecule has 1 aromatic carbocycles. The molecular weight excluding hydrogens is 190 g/mol. The largest absolute Gasteiger partial charge is 0.496 e. The van der Waals surface area contributed by atoms with Crippen molar-refractivity contribution < 1.29 is 9.47 Å². The fourth-order valence-corrected chi connectivity index (χ4v) is 1.87. The number of hydrogen-bond acceptors (Lipinski definition) is 2. The van der Waals surface area contributed by atoms with Gasteiger partial charge in [-0.3, -0.25) is 0 Å². The molecule has 2 rings (SSSR count). The third-order valence-corrected chi connectivity index (χ3v) is 2.52. The Balaban J connectivity index is 2.66. The minimum atomic E-state index is 0.567. The highest BCUT2D eigenvalue weighted by Crippen LogP contribution is 2.28. The van der Waals surface area contributed by atoms with Crippen molar-refractivity contribution in [2.24, 2.45) is 0 Å². The first-order chi connectivity index (χ1) is 7.26. The number of H-pyrrole nitrogens is 1. The summed E-state index contributed by atoms with van der Waals surface area (Å²) in [6.45, 7) is 2.61. The van der Waals surface area contributed by atoms with Gasteiger partial charge in [-0.05, 0) is 25.1 Å².